The number of rotatable bonds is 7. The number of amides is 1. The van der Waals surface area contributed by atoms with Crippen molar-refractivity contribution in [3.05, 3.63) is 60.2 Å². The number of carboxylic acids is 1. The molecule has 33 heavy (non-hydrogen) atoms. The standard InChI is InChI=1S/C26H31N3O4/c1-16(29-25(31)19-9-7-18(8-10-19)17-5-3-2-4-6-17)14-27-20-11-12-23-21(13-20)24(30)22(15-28-23)26(32)33/h2-10,16,20-23,27-28H,11-15H2,1H3,(H,29,31)(H,32,33)/t16-,20?,21?,22?,23?/m0/s1. The Hall–Kier alpha value is -3.03. The summed E-state index contributed by atoms with van der Waals surface area (Å²) in [6.07, 6.45) is 2.39. The van der Waals surface area contributed by atoms with Crippen LogP contribution in [0.3, 0.4) is 0 Å². The largest absolute Gasteiger partial charge is 0.481 e. The molecule has 2 aliphatic rings. The molecule has 2 aromatic rings. The minimum atomic E-state index is -1.05. The average molecular weight is 450 g/mol. The number of aliphatic carboxylic acids is 1. The Morgan fingerprint density at radius 2 is 1.76 bits per heavy atom. The number of carbonyl (C=O) groups excluding carboxylic acids is 2. The molecule has 7 nitrogen and oxygen atoms in total. The maximum Gasteiger partial charge on any atom is 0.315 e. The van der Waals surface area contributed by atoms with Gasteiger partial charge in [-0.1, -0.05) is 42.5 Å². The maximum absolute atomic E-state index is 12.6. The Morgan fingerprint density at radius 1 is 1.06 bits per heavy atom. The zero-order chi connectivity index (χ0) is 23.4. The molecule has 0 radical (unpaired) electrons. The van der Waals surface area contributed by atoms with E-state index in [1.54, 1.807) is 0 Å². The molecular weight excluding hydrogens is 418 g/mol. The number of nitrogens with one attached hydrogen (secondary N) is 3. The van der Waals surface area contributed by atoms with Gasteiger partial charge < -0.3 is 21.1 Å². The first kappa shape index (κ1) is 23.1. The molecule has 1 amide bonds. The lowest BCUT2D eigenvalue weighted by molar-refractivity contribution is -0.150. The third kappa shape index (κ3) is 5.49. The molecule has 2 aromatic carbocycles. The third-order valence-corrected chi connectivity index (χ3v) is 6.79. The number of benzene rings is 2. The van der Waals surface area contributed by atoms with Gasteiger partial charge in [0.05, 0.1) is 0 Å². The van der Waals surface area contributed by atoms with Crippen LogP contribution in [0.15, 0.2) is 54.6 Å². The molecule has 1 heterocycles. The van der Waals surface area contributed by atoms with Crippen molar-refractivity contribution in [2.75, 3.05) is 13.1 Å². The van der Waals surface area contributed by atoms with Crippen molar-refractivity contribution >= 4 is 17.7 Å². The summed E-state index contributed by atoms with van der Waals surface area (Å²) >= 11 is 0. The van der Waals surface area contributed by atoms with Gasteiger partial charge in [0.2, 0.25) is 0 Å². The van der Waals surface area contributed by atoms with Crippen LogP contribution in [0.1, 0.15) is 36.5 Å². The fraction of sp³-hybridized carbons (Fsp3) is 0.423. The molecule has 1 aliphatic carbocycles. The fourth-order valence-corrected chi connectivity index (χ4v) is 4.90. The Morgan fingerprint density at radius 3 is 2.45 bits per heavy atom. The van der Waals surface area contributed by atoms with Crippen LogP contribution >= 0.6 is 0 Å². The first-order chi connectivity index (χ1) is 15.9. The lowest BCUT2D eigenvalue weighted by atomic mass is 9.73. The van der Waals surface area contributed by atoms with Crippen LogP contribution in [-0.2, 0) is 9.59 Å². The van der Waals surface area contributed by atoms with Crippen molar-refractivity contribution in [2.24, 2.45) is 11.8 Å². The molecule has 4 unspecified atom stereocenters. The van der Waals surface area contributed by atoms with E-state index in [0.717, 1.165) is 24.0 Å². The summed E-state index contributed by atoms with van der Waals surface area (Å²) in [5.41, 5.74) is 2.79. The highest BCUT2D eigenvalue weighted by molar-refractivity contribution is 6.00. The quantitative estimate of drug-likeness (QED) is 0.484. The van der Waals surface area contributed by atoms with Gasteiger partial charge in [-0.25, -0.2) is 0 Å². The van der Waals surface area contributed by atoms with Gasteiger partial charge in [0.15, 0.2) is 5.78 Å². The molecule has 1 saturated heterocycles. The van der Waals surface area contributed by atoms with Gasteiger partial charge in [-0.3, -0.25) is 14.4 Å². The van der Waals surface area contributed by atoms with Gasteiger partial charge in [0.25, 0.3) is 5.91 Å². The molecule has 0 spiro atoms. The van der Waals surface area contributed by atoms with E-state index >= 15 is 0 Å². The molecule has 0 aromatic heterocycles. The van der Waals surface area contributed by atoms with Crippen molar-refractivity contribution in [1.29, 1.82) is 0 Å². The van der Waals surface area contributed by atoms with Crippen molar-refractivity contribution < 1.29 is 19.5 Å². The van der Waals surface area contributed by atoms with E-state index in [2.05, 4.69) is 16.0 Å². The maximum atomic E-state index is 12.6. The third-order valence-electron chi connectivity index (χ3n) is 6.79. The van der Waals surface area contributed by atoms with E-state index in [9.17, 15) is 19.5 Å². The molecule has 1 aliphatic heterocycles. The summed E-state index contributed by atoms with van der Waals surface area (Å²) in [5.74, 6) is -2.54. The smallest absolute Gasteiger partial charge is 0.315 e. The second-order valence-corrected chi connectivity index (χ2v) is 9.15. The number of carboxylic acid groups (broad SMARTS) is 1. The van der Waals surface area contributed by atoms with Gasteiger partial charge in [-0.2, -0.15) is 0 Å². The number of piperidine rings is 1. The fourth-order valence-electron chi connectivity index (χ4n) is 4.90. The normalized spacial score (nSPS) is 25.7. The van der Waals surface area contributed by atoms with E-state index < -0.39 is 11.9 Å². The summed E-state index contributed by atoms with van der Waals surface area (Å²) in [7, 11) is 0. The molecule has 1 saturated carbocycles. The van der Waals surface area contributed by atoms with Crippen LogP contribution < -0.4 is 16.0 Å². The van der Waals surface area contributed by atoms with Gasteiger partial charge in [0, 0.05) is 42.7 Å². The SMILES string of the molecule is C[C@@H](CNC1CCC2NCC(C(=O)O)C(=O)C2C1)NC(=O)c1ccc(-c2ccccc2)cc1. The topological polar surface area (TPSA) is 108 Å². The number of hydrogen-bond acceptors (Lipinski definition) is 5. The monoisotopic (exact) mass is 449 g/mol. The predicted octanol–water partition coefficient (Wildman–Crippen LogP) is 2.47. The molecule has 4 N–H and O–H groups in total. The number of ketones is 1. The minimum Gasteiger partial charge on any atom is -0.481 e. The molecule has 5 atom stereocenters. The molecule has 0 bridgehead atoms. The van der Waals surface area contributed by atoms with E-state index in [1.165, 1.54) is 0 Å². The predicted molar refractivity (Wildman–Crippen MR) is 126 cm³/mol. The Kier molecular flexibility index (Phi) is 7.20. The van der Waals surface area contributed by atoms with Crippen molar-refractivity contribution in [3.8, 4) is 11.1 Å². The Labute approximate surface area is 194 Å². The van der Waals surface area contributed by atoms with Crippen molar-refractivity contribution in [2.45, 2.75) is 44.3 Å². The van der Waals surface area contributed by atoms with E-state index in [1.807, 2.05) is 61.5 Å². The second-order valence-electron chi connectivity index (χ2n) is 9.15. The number of fused-ring (bicyclic) bond motifs is 1. The number of carbonyl (C=O) groups is 3. The first-order valence-corrected chi connectivity index (χ1v) is 11.6. The van der Waals surface area contributed by atoms with Gasteiger partial charge in [-0.15, -0.1) is 0 Å². The summed E-state index contributed by atoms with van der Waals surface area (Å²) < 4.78 is 0. The van der Waals surface area contributed by atoms with E-state index in [0.29, 0.717) is 18.5 Å². The van der Waals surface area contributed by atoms with Gasteiger partial charge in [0.1, 0.15) is 5.92 Å². The van der Waals surface area contributed by atoms with Crippen LogP contribution in [0.2, 0.25) is 0 Å². The highest BCUT2D eigenvalue weighted by atomic mass is 16.4. The van der Waals surface area contributed by atoms with E-state index in [4.69, 9.17) is 0 Å². The van der Waals surface area contributed by atoms with Gasteiger partial charge in [-0.05, 0) is 49.4 Å². The van der Waals surface area contributed by atoms with Crippen LogP contribution in [0, 0.1) is 11.8 Å². The molecule has 174 valence electrons. The highest BCUT2D eigenvalue weighted by Crippen LogP contribution is 2.31. The minimum absolute atomic E-state index is 0.0714. The number of hydrogen-bond donors (Lipinski definition) is 4. The van der Waals surface area contributed by atoms with Gasteiger partial charge >= 0.3 is 5.97 Å². The average Bonchev–Trinajstić information content (AvgIpc) is 2.83. The summed E-state index contributed by atoms with van der Waals surface area (Å²) in [4.78, 5) is 36.6. The van der Waals surface area contributed by atoms with Crippen LogP contribution in [0.4, 0.5) is 0 Å². The molecule has 7 heteroatoms. The molecular formula is C26H31N3O4. The number of Topliss-reactive ketones (excluding diaryl/α,β-unsaturated/α-hetero) is 1. The van der Waals surface area contributed by atoms with E-state index in [-0.39, 0.29) is 42.3 Å². The first-order valence-electron chi connectivity index (χ1n) is 11.6. The zero-order valence-corrected chi connectivity index (χ0v) is 18.8. The lowest BCUT2D eigenvalue weighted by Crippen LogP contribution is -2.58. The second kappa shape index (κ2) is 10.3. The van der Waals surface area contributed by atoms with Crippen LogP contribution in [0.25, 0.3) is 11.1 Å². The summed E-state index contributed by atoms with van der Waals surface area (Å²) in [6.45, 7) is 2.76. The lowest BCUT2D eigenvalue weighted by Gasteiger charge is -2.41. The van der Waals surface area contributed by atoms with Crippen LogP contribution in [0.5, 0.6) is 0 Å². The Bertz CT molecular complexity index is 992. The Balaban J connectivity index is 1.26. The van der Waals surface area contributed by atoms with Crippen molar-refractivity contribution in [3.63, 3.8) is 0 Å². The van der Waals surface area contributed by atoms with Crippen molar-refractivity contribution in [1.82, 2.24) is 16.0 Å². The van der Waals surface area contributed by atoms with Crippen LogP contribution in [-0.4, -0.2) is 54.0 Å². The molecule has 2 fully saturated rings. The molecule has 4 rings (SSSR count). The summed E-state index contributed by atoms with van der Waals surface area (Å²) in [5, 5.41) is 19.0. The highest BCUT2D eigenvalue weighted by Gasteiger charge is 2.44. The summed E-state index contributed by atoms with van der Waals surface area (Å²) in [6, 6.07) is 17.7. The zero-order valence-electron chi connectivity index (χ0n) is 18.8.